The van der Waals surface area contributed by atoms with Gasteiger partial charge in [-0.1, -0.05) is 18.2 Å². The number of halogens is 4. The van der Waals surface area contributed by atoms with E-state index in [-0.39, 0.29) is 34.7 Å². The van der Waals surface area contributed by atoms with Crippen LogP contribution in [0.3, 0.4) is 0 Å². The first kappa shape index (κ1) is 23.3. The Morgan fingerprint density at radius 1 is 0.875 bits per heavy atom. The number of hydrogen-bond donors (Lipinski definition) is 2. The van der Waals surface area contributed by atoms with E-state index in [1.807, 2.05) is 0 Å². The first-order valence-electron chi connectivity index (χ1n) is 9.38. The maximum absolute atomic E-state index is 13.0. The Labute approximate surface area is 182 Å². The lowest BCUT2D eigenvalue weighted by Crippen LogP contribution is -2.26. The fourth-order valence-corrected chi connectivity index (χ4v) is 4.00. The fourth-order valence-electron chi connectivity index (χ4n) is 2.95. The van der Waals surface area contributed by atoms with E-state index in [2.05, 4.69) is 10.0 Å². The minimum atomic E-state index is -4.47. The molecule has 0 bridgehead atoms. The zero-order valence-corrected chi connectivity index (χ0v) is 17.3. The summed E-state index contributed by atoms with van der Waals surface area (Å²) in [6.07, 6.45) is -4.48. The summed E-state index contributed by atoms with van der Waals surface area (Å²) in [5.74, 6) is -1.08. The van der Waals surface area contributed by atoms with Crippen molar-refractivity contribution in [1.29, 1.82) is 0 Å². The van der Waals surface area contributed by atoms with E-state index in [0.717, 1.165) is 30.3 Å². The summed E-state index contributed by atoms with van der Waals surface area (Å²) in [4.78, 5) is 12.1. The summed E-state index contributed by atoms with van der Waals surface area (Å²) in [6, 6.07) is 14.9. The van der Waals surface area contributed by atoms with Gasteiger partial charge in [-0.15, -0.1) is 0 Å². The number of hydrogen-bond acceptors (Lipinski definition) is 3. The highest BCUT2D eigenvalue weighted by Crippen LogP contribution is 2.31. The molecule has 0 aliphatic heterocycles. The molecule has 168 valence electrons. The van der Waals surface area contributed by atoms with Crippen molar-refractivity contribution in [3.63, 3.8) is 0 Å². The van der Waals surface area contributed by atoms with Crippen LogP contribution in [-0.4, -0.2) is 20.9 Å². The zero-order valence-electron chi connectivity index (χ0n) is 16.5. The molecule has 0 saturated heterocycles. The van der Waals surface area contributed by atoms with Crippen molar-refractivity contribution in [1.82, 2.24) is 5.32 Å². The lowest BCUT2D eigenvalue weighted by molar-refractivity contribution is -0.138. The molecule has 5 nitrogen and oxygen atoms in total. The Bertz CT molecular complexity index is 1190. The summed E-state index contributed by atoms with van der Waals surface area (Å²) < 4.78 is 79.0. The Hall–Kier alpha value is -3.40. The van der Waals surface area contributed by atoms with Crippen molar-refractivity contribution in [2.75, 3.05) is 11.3 Å². The van der Waals surface area contributed by atoms with Gasteiger partial charge in [-0.3, -0.25) is 9.52 Å². The monoisotopic (exact) mass is 466 g/mol. The molecule has 1 amide bonds. The number of carbonyl (C=O) groups excluding carboxylic acids is 1. The number of sulfonamides is 1. The van der Waals surface area contributed by atoms with Gasteiger partial charge < -0.3 is 5.32 Å². The third kappa shape index (κ3) is 5.85. The fraction of sp³-hybridized carbons (Fsp3) is 0.136. The first-order valence-corrected chi connectivity index (χ1v) is 10.9. The molecule has 32 heavy (non-hydrogen) atoms. The van der Waals surface area contributed by atoms with Crippen LogP contribution < -0.4 is 10.0 Å². The van der Waals surface area contributed by atoms with Crippen LogP contribution in [0.1, 0.15) is 21.5 Å². The lowest BCUT2D eigenvalue weighted by Gasteiger charge is -2.13. The van der Waals surface area contributed by atoms with Gasteiger partial charge >= 0.3 is 6.18 Å². The van der Waals surface area contributed by atoms with Gasteiger partial charge in [0.05, 0.1) is 10.5 Å². The molecule has 0 aromatic heterocycles. The highest BCUT2D eigenvalue weighted by atomic mass is 32.2. The molecule has 0 spiro atoms. The van der Waals surface area contributed by atoms with Crippen LogP contribution in [-0.2, 0) is 22.6 Å². The smallest absolute Gasteiger partial charge is 0.352 e. The summed E-state index contributed by atoms with van der Waals surface area (Å²) in [6.45, 7) is -0.00905. The minimum Gasteiger partial charge on any atom is -0.352 e. The number of benzene rings is 3. The van der Waals surface area contributed by atoms with E-state index in [1.54, 1.807) is 0 Å². The molecule has 0 heterocycles. The van der Waals surface area contributed by atoms with E-state index in [1.165, 1.54) is 42.5 Å². The summed E-state index contributed by atoms with van der Waals surface area (Å²) >= 11 is 0. The average molecular weight is 466 g/mol. The van der Waals surface area contributed by atoms with Crippen molar-refractivity contribution in [3.8, 4) is 0 Å². The highest BCUT2D eigenvalue weighted by Gasteiger charge is 2.32. The molecule has 10 heteroatoms. The van der Waals surface area contributed by atoms with Gasteiger partial charge in [-0.2, -0.15) is 13.2 Å². The maximum Gasteiger partial charge on any atom is 0.416 e. The number of amides is 1. The molecule has 0 atom stereocenters. The predicted molar refractivity (Wildman–Crippen MR) is 111 cm³/mol. The molecule has 0 aliphatic rings. The second kappa shape index (κ2) is 9.39. The van der Waals surface area contributed by atoms with Gasteiger partial charge in [0.25, 0.3) is 15.9 Å². The van der Waals surface area contributed by atoms with Gasteiger partial charge in [0.1, 0.15) is 5.82 Å². The summed E-state index contributed by atoms with van der Waals surface area (Å²) in [5, 5.41) is 2.54. The predicted octanol–water partition coefficient (Wildman–Crippen LogP) is 4.62. The molecule has 3 aromatic rings. The van der Waals surface area contributed by atoms with Crippen LogP contribution in [0.5, 0.6) is 0 Å². The number of anilines is 1. The largest absolute Gasteiger partial charge is 0.416 e. The Kier molecular flexibility index (Phi) is 6.83. The number of nitrogens with one attached hydrogen (secondary N) is 2. The molecule has 3 rings (SSSR count). The SMILES string of the molecule is O=C(NCCc1ccccc1C(F)(F)F)c1ccc(NS(=O)(=O)c2ccc(F)cc2)cc1. The summed E-state index contributed by atoms with van der Waals surface area (Å²) in [5.41, 5.74) is -0.276. The second-order valence-electron chi connectivity index (χ2n) is 6.80. The third-order valence-corrected chi connectivity index (χ3v) is 5.92. The van der Waals surface area contributed by atoms with E-state index >= 15 is 0 Å². The number of carbonyl (C=O) groups is 1. The first-order chi connectivity index (χ1) is 15.1. The van der Waals surface area contributed by atoms with Gasteiger partial charge in [0.15, 0.2) is 0 Å². The summed E-state index contributed by atoms with van der Waals surface area (Å²) in [7, 11) is -3.93. The topological polar surface area (TPSA) is 75.3 Å². The van der Waals surface area contributed by atoms with E-state index in [4.69, 9.17) is 0 Å². The lowest BCUT2D eigenvalue weighted by atomic mass is 10.0. The van der Waals surface area contributed by atoms with E-state index in [0.29, 0.717) is 0 Å². The number of rotatable bonds is 7. The Balaban J connectivity index is 1.59. The molecular weight excluding hydrogens is 448 g/mol. The number of alkyl halides is 3. The molecule has 0 radical (unpaired) electrons. The highest BCUT2D eigenvalue weighted by molar-refractivity contribution is 7.92. The van der Waals surface area contributed by atoms with Crippen molar-refractivity contribution in [2.45, 2.75) is 17.5 Å². The maximum atomic E-state index is 13.0. The van der Waals surface area contributed by atoms with Crippen molar-refractivity contribution in [2.24, 2.45) is 0 Å². The Morgan fingerprint density at radius 2 is 1.50 bits per heavy atom. The normalized spacial score (nSPS) is 11.8. The van der Waals surface area contributed by atoms with Crippen LogP contribution >= 0.6 is 0 Å². The van der Waals surface area contributed by atoms with Crippen molar-refractivity contribution in [3.05, 3.63) is 95.3 Å². The molecule has 0 aliphatic carbocycles. The zero-order chi connectivity index (χ0) is 23.4. The van der Waals surface area contributed by atoms with Crippen molar-refractivity contribution >= 4 is 21.6 Å². The second-order valence-corrected chi connectivity index (χ2v) is 8.48. The van der Waals surface area contributed by atoms with Gasteiger partial charge in [0, 0.05) is 17.8 Å². The van der Waals surface area contributed by atoms with Crippen LogP contribution in [0.25, 0.3) is 0 Å². The van der Waals surface area contributed by atoms with Gasteiger partial charge in [-0.25, -0.2) is 12.8 Å². The molecular formula is C22H18F4N2O3S. The molecule has 0 saturated carbocycles. The van der Waals surface area contributed by atoms with Crippen LogP contribution in [0.4, 0.5) is 23.2 Å². The molecule has 0 unspecified atom stereocenters. The van der Waals surface area contributed by atoms with Crippen molar-refractivity contribution < 1.29 is 30.8 Å². The average Bonchev–Trinajstić information content (AvgIpc) is 2.74. The van der Waals surface area contributed by atoms with E-state index in [9.17, 15) is 30.8 Å². The van der Waals surface area contributed by atoms with Crippen LogP contribution in [0.15, 0.2) is 77.7 Å². The van der Waals surface area contributed by atoms with Crippen LogP contribution in [0.2, 0.25) is 0 Å². The van der Waals surface area contributed by atoms with Crippen LogP contribution in [0, 0.1) is 5.82 Å². The molecule has 2 N–H and O–H groups in total. The molecule has 3 aromatic carbocycles. The third-order valence-electron chi connectivity index (χ3n) is 4.53. The van der Waals surface area contributed by atoms with E-state index < -0.39 is 33.5 Å². The Morgan fingerprint density at radius 3 is 2.12 bits per heavy atom. The standard InChI is InChI=1S/C22H18F4N2O3S/c23-17-7-11-19(12-8-17)32(30,31)28-18-9-5-16(6-10-18)21(29)27-14-13-15-3-1-2-4-20(15)22(24,25)26/h1-12,28H,13-14H2,(H,27,29). The minimum absolute atomic E-state index is 0.00300. The quantitative estimate of drug-likeness (QED) is 0.499. The van der Waals surface area contributed by atoms with Gasteiger partial charge in [0.2, 0.25) is 0 Å². The van der Waals surface area contributed by atoms with Gasteiger partial charge in [-0.05, 0) is 66.6 Å². The molecule has 0 fully saturated rings.